The molecule has 0 spiro atoms. The highest BCUT2D eigenvalue weighted by molar-refractivity contribution is 5.90. The molecule has 5 N–H and O–H groups in total. The lowest BCUT2D eigenvalue weighted by Crippen LogP contribution is -2.57. The van der Waals surface area contributed by atoms with E-state index in [1.807, 2.05) is 6.07 Å². The molecule has 3 heterocycles. The highest BCUT2D eigenvalue weighted by Crippen LogP contribution is 2.37. The summed E-state index contributed by atoms with van der Waals surface area (Å²) in [6, 6.07) is 1.85. The quantitative estimate of drug-likeness (QED) is 0.684. The lowest BCUT2D eigenvalue weighted by molar-refractivity contribution is 0.0549. The number of hydrogen-bond donors (Lipinski definition) is 3. The zero-order valence-corrected chi connectivity index (χ0v) is 10.1. The second-order valence-corrected chi connectivity index (χ2v) is 4.80. The van der Waals surface area contributed by atoms with Gasteiger partial charge in [-0.1, -0.05) is 0 Å². The Kier molecular flexibility index (Phi) is 2.68. The van der Waals surface area contributed by atoms with Crippen LogP contribution in [0.1, 0.15) is 12.8 Å². The summed E-state index contributed by atoms with van der Waals surface area (Å²) in [7, 11) is 0. The van der Waals surface area contributed by atoms with Crippen LogP contribution in [0.25, 0.3) is 0 Å². The molecule has 18 heavy (non-hydrogen) atoms. The summed E-state index contributed by atoms with van der Waals surface area (Å²) in [5.41, 5.74) is 13.1. The third-order valence-corrected chi connectivity index (χ3v) is 3.61. The predicted molar refractivity (Wildman–Crippen MR) is 70.9 cm³/mol. The number of rotatable bonds is 1. The molecule has 6 heteroatoms. The molecular formula is C12H17N5O. The first-order valence-corrected chi connectivity index (χ1v) is 6.13. The number of nitrogens with one attached hydrogen (secondary N) is 1. The smallest absolute Gasteiger partial charge is 0.151 e. The van der Waals surface area contributed by atoms with Crippen molar-refractivity contribution in [2.45, 2.75) is 18.5 Å². The maximum absolute atomic E-state index is 6.42. The number of anilines is 2. The Labute approximate surface area is 105 Å². The minimum absolute atomic E-state index is 0.317. The molecule has 0 bridgehead atoms. The van der Waals surface area contributed by atoms with E-state index in [2.05, 4.69) is 15.3 Å². The van der Waals surface area contributed by atoms with Crippen LogP contribution in [0.2, 0.25) is 0 Å². The fraction of sp³-hybridized carbons (Fsp3) is 0.500. The van der Waals surface area contributed by atoms with Gasteiger partial charge in [-0.2, -0.15) is 0 Å². The van der Waals surface area contributed by atoms with Gasteiger partial charge in [0.1, 0.15) is 11.4 Å². The number of nitrogens with zero attached hydrogens (tertiary/aromatic N) is 2. The minimum Gasteiger partial charge on any atom is -0.382 e. The normalized spacial score (nSPS) is 27.6. The first-order chi connectivity index (χ1) is 8.69. The van der Waals surface area contributed by atoms with Crippen molar-refractivity contribution < 1.29 is 4.74 Å². The summed E-state index contributed by atoms with van der Waals surface area (Å²) in [4.78, 5) is 8.40. The third-order valence-electron chi connectivity index (χ3n) is 3.61. The Hall–Kier alpha value is -1.66. The molecule has 0 saturated carbocycles. The predicted octanol–water partition coefficient (Wildman–Crippen LogP) is 0.873. The minimum atomic E-state index is -0.620. The molecule has 0 aromatic carbocycles. The van der Waals surface area contributed by atoms with Crippen molar-refractivity contribution in [2.24, 2.45) is 16.6 Å². The second-order valence-electron chi connectivity index (χ2n) is 4.80. The number of nitrogens with two attached hydrogens (primary N) is 2. The number of aromatic nitrogens is 1. The summed E-state index contributed by atoms with van der Waals surface area (Å²) >= 11 is 0. The molecule has 1 fully saturated rings. The van der Waals surface area contributed by atoms with E-state index in [0.717, 1.165) is 31.7 Å². The van der Waals surface area contributed by atoms with E-state index < -0.39 is 5.66 Å². The monoisotopic (exact) mass is 247 g/mol. The van der Waals surface area contributed by atoms with Crippen molar-refractivity contribution >= 4 is 23.4 Å². The largest absolute Gasteiger partial charge is 0.382 e. The van der Waals surface area contributed by atoms with Crippen molar-refractivity contribution in [3.05, 3.63) is 12.3 Å². The van der Waals surface area contributed by atoms with E-state index >= 15 is 0 Å². The van der Waals surface area contributed by atoms with Crippen LogP contribution in [0.15, 0.2) is 17.3 Å². The van der Waals surface area contributed by atoms with Crippen molar-refractivity contribution in [3.63, 3.8) is 0 Å². The zero-order chi connectivity index (χ0) is 12.6. The first kappa shape index (κ1) is 11.4. The van der Waals surface area contributed by atoms with Crippen LogP contribution in [-0.4, -0.2) is 30.1 Å². The van der Waals surface area contributed by atoms with E-state index in [1.54, 1.807) is 12.4 Å². The summed E-state index contributed by atoms with van der Waals surface area (Å²) in [5, 5.41) is 3.34. The topological polar surface area (TPSA) is 98.5 Å². The Balaban J connectivity index is 1.90. The Morgan fingerprint density at radius 1 is 1.39 bits per heavy atom. The van der Waals surface area contributed by atoms with Crippen molar-refractivity contribution in [3.8, 4) is 0 Å². The molecule has 2 aliphatic rings. The summed E-state index contributed by atoms with van der Waals surface area (Å²) in [6.07, 6.45) is 5.28. The van der Waals surface area contributed by atoms with Gasteiger partial charge < -0.3 is 21.5 Å². The Morgan fingerprint density at radius 3 is 2.94 bits per heavy atom. The van der Waals surface area contributed by atoms with Gasteiger partial charge in [0, 0.05) is 31.5 Å². The van der Waals surface area contributed by atoms with Gasteiger partial charge in [0.15, 0.2) is 5.82 Å². The highest BCUT2D eigenvalue weighted by Gasteiger charge is 2.37. The van der Waals surface area contributed by atoms with E-state index in [-0.39, 0.29) is 0 Å². The SMILES string of the molecule is Nc1nccc2c1N=CC(N)(C1CCOCC1)N2. The molecule has 96 valence electrons. The van der Waals surface area contributed by atoms with Crippen LogP contribution in [0.3, 0.4) is 0 Å². The van der Waals surface area contributed by atoms with Crippen LogP contribution >= 0.6 is 0 Å². The fourth-order valence-electron chi connectivity index (χ4n) is 2.53. The molecular weight excluding hydrogens is 230 g/mol. The number of nitrogen functional groups attached to an aromatic ring is 1. The molecule has 0 radical (unpaired) electrons. The van der Waals surface area contributed by atoms with E-state index in [1.165, 1.54) is 0 Å². The van der Waals surface area contributed by atoms with E-state index in [4.69, 9.17) is 16.2 Å². The Bertz CT molecular complexity index is 483. The average molecular weight is 247 g/mol. The molecule has 6 nitrogen and oxygen atoms in total. The first-order valence-electron chi connectivity index (χ1n) is 6.13. The van der Waals surface area contributed by atoms with Gasteiger partial charge in [-0.3, -0.25) is 4.99 Å². The molecule has 1 saturated heterocycles. The lowest BCUT2D eigenvalue weighted by atomic mass is 9.86. The molecule has 1 aromatic heterocycles. The van der Waals surface area contributed by atoms with Gasteiger partial charge in [0.25, 0.3) is 0 Å². The number of pyridine rings is 1. The summed E-state index contributed by atoms with van der Waals surface area (Å²) < 4.78 is 5.37. The van der Waals surface area contributed by atoms with Crippen LogP contribution in [0.5, 0.6) is 0 Å². The molecule has 3 rings (SSSR count). The average Bonchev–Trinajstić information content (AvgIpc) is 2.40. The molecule has 1 atom stereocenters. The zero-order valence-electron chi connectivity index (χ0n) is 10.1. The maximum atomic E-state index is 6.42. The third kappa shape index (κ3) is 1.83. The molecule has 1 aromatic rings. The second kappa shape index (κ2) is 4.22. The fourth-order valence-corrected chi connectivity index (χ4v) is 2.53. The standard InChI is InChI=1S/C12H17N5O/c13-11-10-9(1-4-15-11)17-12(14,7-16-10)8-2-5-18-6-3-8/h1,4,7-8,17H,2-3,5-6,14H2,(H2,13,15). The van der Waals surface area contributed by atoms with Gasteiger partial charge in [-0.25, -0.2) is 4.98 Å². The van der Waals surface area contributed by atoms with Crippen LogP contribution in [0.4, 0.5) is 17.2 Å². The van der Waals surface area contributed by atoms with Gasteiger partial charge in [-0.05, 0) is 18.9 Å². The Morgan fingerprint density at radius 2 is 2.17 bits per heavy atom. The molecule has 2 aliphatic heterocycles. The number of fused-ring (bicyclic) bond motifs is 1. The molecule has 0 amide bonds. The van der Waals surface area contributed by atoms with Gasteiger partial charge >= 0.3 is 0 Å². The van der Waals surface area contributed by atoms with Crippen LogP contribution in [-0.2, 0) is 4.74 Å². The number of hydrogen-bond acceptors (Lipinski definition) is 6. The van der Waals surface area contributed by atoms with Gasteiger partial charge in [0.05, 0.1) is 5.69 Å². The molecule has 0 aliphatic carbocycles. The van der Waals surface area contributed by atoms with E-state index in [9.17, 15) is 0 Å². The number of aliphatic imine (C=N–C) groups is 1. The summed E-state index contributed by atoms with van der Waals surface area (Å²) in [6.45, 7) is 1.51. The van der Waals surface area contributed by atoms with Crippen molar-refractivity contribution in [1.82, 2.24) is 4.98 Å². The van der Waals surface area contributed by atoms with Crippen molar-refractivity contribution in [1.29, 1.82) is 0 Å². The van der Waals surface area contributed by atoms with Gasteiger partial charge in [-0.15, -0.1) is 0 Å². The van der Waals surface area contributed by atoms with E-state index in [0.29, 0.717) is 17.4 Å². The number of ether oxygens (including phenoxy) is 1. The van der Waals surface area contributed by atoms with Crippen LogP contribution in [0, 0.1) is 5.92 Å². The van der Waals surface area contributed by atoms with Gasteiger partial charge in [0.2, 0.25) is 0 Å². The molecule has 1 unspecified atom stereocenters. The summed E-state index contributed by atoms with van der Waals surface area (Å²) in [5.74, 6) is 0.739. The highest BCUT2D eigenvalue weighted by atomic mass is 16.5. The van der Waals surface area contributed by atoms with Crippen molar-refractivity contribution in [2.75, 3.05) is 24.3 Å². The van der Waals surface area contributed by atoms with Crippen LogP contribution < -0.4 is 16.8 Å². The lowest BCUT2D eigenvalue weighted by Gasteiger charge is -2.40. The maximum Gasteiger partial charge on any atom is 0.151 e.